The topological polar surface area (TPSA) is 39.2 Å². The van der Waals surface area contributed by atoms with E-state index in [1.807, 2.05) is 19.1 Å². The first-order valence-electron chi connectivity index (χ1n) is 5.32. The standard InChI is InChI=1S/C12H15NO2/c1-9-3-2-6-13-11(9)12(14)10-4-7-15-8-5-10/h2-3,6,10H,4-5,7-8H2,1H3. The largest absolute Gasteiger partial charge is 0.381 e. The average molecular weight is 205 g/mol. The number of hydrogen-bond acceptors (Lipinski definition) is 3. The highest BCUT2D eigenvalue weighted by Crippen LogP contribution is 2.20. The van der Waals surface area contributed by atoms with Crippen LogP contribution in [0.5, 0.6) is 0 Å². The minimum absolute atomic E-state index is 0.104. The van der Waals surface area contributed by atoms with Crippen molar-refractivity contribution in [2.24, 2.45) is 5.92 Å². The Hall–Kier alpha value is -1.22. The number of aryl methyl sites for hydroxylation is 1. The monoisotopic (exact) mass is 205 g/mol. The van der Waals surface area contributed by atoms with Crippen LogP contribution in [0.25, 0.3) is 0 Å². The molecular formula is C12H15NO2. The van der Waals surface area contributed by atoms with E-state index in [2.05, 4.69) is 4.98 Å². The average Bonchev–Trinajstić information content (AvgIpc) is 2.30. The Labute approximate surface area is 89.5 Å². The van der Waals surface area contributed by atoms with E-state index >= 15 is 0 Å². The summed E-state index contributed by atoms with van der Waals surface area (Å²) in [6.07, 6.45) is 3.34. The van der Waals surface area contributed by atoms with Gasteiger partial charge in [-0.1, -0.05) is 6.07 Å². The number of ketones is 1. The summed E-state index contributed by atoms with van der Waals surface area (Å²) in [5.74, 6) is 0.281. The second-order valence-corrected chi connectivity index (χ2v) is 3.92. The quantitative estimate of drug-likeness (QED) is 0.693. The summed E-state index contributed by atoms with van der Waals surface area (Å²) in [4.78, 5) is 16.3. The Kier molecular flexibility index (Phi) is 3.11. The first-order valence-corrected chi connectivity index (χ1v) is 5.32. The van der Waals surface area contributed by atoms with E-state index in [0.717, 1.165) is 18.4 Å². The third kappa shape index (κ3) is 2.23. The highest BCUT2D eigenvalue weighted by atomic mass is 16.5. The number of rotatable bonds is 2. The van der Waals surface area contributed by atoms with Crippen LogP contribution in [0.3, 0.4) is 0 Å². The van der Waals surface area contributed by atoms with Gasteiger partial charge in [0.05, 0.1) is 0 Å². The molecule has 1 saturated heterocycles. The van der Waals surface area contributed by atoms with Gasteiger partial charge in [0, 0.05) is 25.3 Å². The van der Waals surface area contributed by atoms with Crippen LogP contribution in [-0.4, -0.2) is 24.0 Å². The number of pyridine rings is 1. The fourth-order valence-corrected chi connectivity index (χ4v) is 1.90. The van der Waals surface area contributed by atoms with Gasteiger partial charge in [-0.2, -0.15) is 0 Å². The van der Waals surface area contributed by atoms with Crippen LogP contribution in [0.15, 0.2) is 18.3 Å². The molecule has 2 heterocycles. The molecule has 1 aliphatic heterocycles. The molecule has 0 spiro atoms. The molecule has 15 heavy (non-hydrogen) atoms. The van der Waals surface area contributed by atoms with E-state index in [9.17, 15) is 4.79 Å². The third-order valence-electron chi connectivity index (χ3n) is 2.83. The number of nitrogens with zero attached hydrogens (tertiary/aromatic N) is 1. The number of carbonyl (C=O) groups excluding carboxylic acids is 1. The van der Waals surface area contributed by atoms with Gasteiger partial charge in [0.15, 0.2) is 5.78 Å². The van der Waals surface area contributed by atoms with E-state index in [-0.39, 0.29) is 11.7 Å². The lowest BCUT2D eigenvalue weighted by molar-refractivity contribution is 0.0541. The molecule has 0 aromatic carbocycles. The number of carbonyl (C=O) groups is 1. The summed E-state index contributed by atoms with van der Waals surface area (Å²) >= 11 is 0. The highest BCUT2D eigenvalue weighted by molar-refractivity contribution is 5.97. The van der Waals surface area contributed by atoms with Crippen LogP contribution in [0.1, 0.15) is 28.9 Å². The molecule has 1 aromatic rings. The Bertz CT molecular complexity index is 356. The van der Waals surface area contributed by atoms with Gasteiger partial charge in [0.2, 0.25) is 0 Å². The van der Waals surface area contributed by atoms with Gasteiger partial charge in [0.1, 0.15) is 5.69 Å². The smallest absolute Gasteiger partial charge is 0.184 e. The van der Waals surface area contributed by atoms with Crippen LogP contribution in [-0.2, 0) is 4.74 Å². The van der Waals surface area contributed by atoms with Gasteiger partial charge < -0.3 is 4.74 Å². The molecule has 3 nitrogen and oxygen atoms in total. The summed E-state index contributed by atoms with van der Waals surface area (Å²) in [7, 11) is 0. The van der Waals surface area contributed by atoms with Gasteiger partial charge in [0.25, 0.3) is 0 Å². The molecule has 1 fully saturated rings. The van der Waals surface area contributed by atoms with Gasteiger partial charge in [-0.15, -0.1) is 0 Å². The van der Waals surface area contributed by atoms with Crippen molar-refractivity contribution in [2.75, 3.05) is 13.2 Å². The van der Waals surface area contributed by atoms with E-state index in [0.29, 0.717) is 18.9 Å². The minimum Gasteiger partial charge on any atom is -0.381 e. The summed E-state index contributed by atoms with van der Waals surface area (Å²) < 4.78 is 5.24. The minimum atomic E-state index is 0.104. The zero-order valence-electron chi connectivity index (χ0n) is 8.90. The highest BCUT2D eigenvalue weighted by Gasteiger charge is 2.24. The molecule has 0 bridgehead atoms. The number of aromatic nitrogens is 1. The predicted molar refractivity (Wildman–Crippen MR) is 56.8 cm³/mol. The van der Waals surface area contributed by atoms with Crippen molar-refractivity contribution in [1.82, 2.24) is 4.98 Å². The van der Waals surface area contributed by atoms with Crippen molar-refractivity contribution in [3.63, 3.8) is 0 Å². The maximum atomic E-state index is 12.1. The van der Waals surface area contributed by atoms with Crippen LogP contribution in [0.4, 0.5) is 0 Å². The normalized spacial score (nSPS) is 17.7. The van der Waals surface area contributed by atoms with Crippen molar-refractivity contribution in [2.45, 2.75) is 19.8 Å². The Morgan fingerprint density at radius 2 is 2.20 bits per heavy atom. The molecular weight excluding hydrogens is 190 g/mol. The fraction of sp³-hybridized carbons (Fsp3) is 0.500. The maximum absolute atomic E-state index is 12.1. The zero-order chi connectivity index (χ0) is 10.7. The molecule has 0 saturated carbocycles. The van der Waals surface area contributed by atoms with Gasteiger partial charge in [-0.05, 0) is 31.4 Å². The molecule has 0 radical (unpaired) electrons. The summed E-state index contributed by atoms with van der Waals surface area (Å²) in [6, 6.07) is 3.79. The first kappa shape index (κ1) is 10.3. The number of Topliss-reactive ketones (excluding diaryl/α,β-unsaturated/α-hetero) is 1. The van der Waals surface area contributed by atoms with E-state index in [1.165, 1.54) is 0 Å². The van der Waals surface area contributed by atoms with Crippen molar-refractivity contribution in [3.8, 4) is 0 Å². The van der Waals surface area contributed by atoms with Crippen molar-refractivity contribution >= 4 is 5.78 Å². The molecule has 3 heteroatoms. The first-order chi connectivity index (χ1) is 7.29. The van der Waals surface area contributed by atoms with Crippen molar-refractivity contribution < 1.29 is 9.53 Å². The third-order valence-corrected chi connectivity index (χ3v) is 2.83. The van der Waals surface area contributed by atoms with Crippen LogP contribution in [0.2, 0.25) is 0 Å². The molecule has 1 aromatic heterocycles. The lowest BCUT2D eigenvalue weighted by atomic mass is 9.92. The fourth-order valence-electron chi connectivity index (χ4n) is 1.90. The summed E-state index contributed by atoms with van der Waals surface area (Å²) in [5.41, 5.74) is 1.60. The molecule has 0 amide bonds. The lowest BCUT2D eigenvalue weighted by Gasteiger charge is -2.20. The zero-order valence-corrected chi connectivity index (χ0v) is 8.90. The van der Waals surface area contributed by atoms with Crippen LogP contribution < -0.4 is 0 Å². The van der Waals surface area contributed by atoms with Gasteiger partial charge >= 0.3 is 0 Å². The predicted octanol–water partition coefficient (Wildman–Crippen LogP) is 2.00. The molecule has 2 rings (SSSR count). The van der Waals surface area contributed by atoms with E-state index in [4.69, 9.17) is 4.74 Å². The maximum Gasteiger partial charge on any atom is 0.184 e. The second-order valence-electron chi connectivity index (χ2n) is 3.92. The van der Waals surface area contributed by atoms with E-state index < -0.39 is 0 Å². The molecule has 0 atom stereocenters. The molecule has 0 aliphatic carbocycles. The van der Waals surface area contributed by atoms with E-state index in [1.54, 1.807) is 6.20 Å². The van der Waals surface area contributed by atoms with Gasteiger partial charge in [-0.3, -0.25) is 9.78 Å². The number of ether oxygens (including phenoxy) is 1. The van der Waals surface area contributed by atoms with Crippen LogP contribution >= 0.6 is 0 Å². The van der Waals surface area contributed by atoms with Gasteiger partial charge in [-0.25, -0.2) is 0 Å². The molecule has 80 valence electrons. The van der Waals surface area contributed by atoms with Crippen molar-refractivity contribution in [3.05, 3.63) is 29.6 Å². The van der Waals surface area contributed by atoms with Crippen LogP contribution in [0, 0.1) is 12.8 Å². The van der Waals surface area contributed by atoms with Crippen molar-refractivity contribution in [1.29, 1.82) is 0 Å². The Balaban J connectivity index is 2.16. The SMILES string of the molecule is Cc1cccnc1C(=O)C1CCOCC1. The summed E-state index contributed by atoms with van der Waals surface area (Å²) in [6.45, 7) is 3.32. The number of hydrogen-bond donors (Lipinski definition) is 0. The lowest BCUT2D eigenvalue weighted by Crippen LogP contribution is -2.24. The second kappa shape index (κ2) is 4.53. The summed E-state index contributed by atoms with van der Waals surface area (Å²) in [5, 5.41) is 0. The molecule has 0 unspecified atom stereocenters. The molecule has 0 N–H and O–H groups in total. The Morgan fingerprint density at radius 3 is 2.87 bits per heavy atom. The molecule has 1 aliphatic rings. The Morgan fingerprint density at radius 1 is 1.47 bits per heavy atom.